The van der Waals surface area contributed by atoms with E-state index in [-0.39, 0.29) is 5.97 Å². The number of amides is 2. The molecule has 3 N–H and O–H groups in total. The van der Waals surface area contributed by atoms with Gasteiger partial charge in [0.1, 0.15) is 0 Å². The Morgan fingerprint density at radius 2 is 1.75 bits per heavy atom. The van der Waals surface area contributed by atoms with Crippen molar-refractivity contribution in [1.82, 2.24) is 4.84 Å². The highest BCUT2D eigenvalue weighted by molar-refractivity contribution is 6.41. The second-order valence-electron chi connectivity index (χ2n) is 1.48. The molecule has 0 aromatic heterocycles. The molecule has 0 unspecified atom stereocenters. The number of methoxy groups -OCH3 is 1. The molecule has 0 rings (SSSR count). The van der Waals surface area contributed by atoms with Crippen molar-refractivity contribution in [3.05, 3.63) is 0 Å². The van der Waals surface area contributed by atoms with Gasteiger partial charge < -0.3 is 10.5 Å². The Morgan fingerprint density at radius 3 is 1.75 bits per heavy atom. The van der Waals surface area contributed by atoms with Gasteiger partial charge in [-0.3, -0.25) is 19.2 Å². The van der Waals surface area contributed by atoms with Crippen LogP contribution in [-0.2, 0) is 19.1 Å². The lowest BCUT2D eigenvalue weighted by Gasteiger charge is -1.83. The van der Waals surface area contributed by atoms with Crippen LogP contribution in [0.3, 0.4) is 0 Å². The molecule has 2 amide bonds. The van der Waals surface area contributed by atoms with Crippen molar-refractivity contribution in [1.29, 1.82) is 0 Å². The molecule has 12 heavy (non-hydrogen) atoms. The van der Waals surface area contributed by atoms with Crippen molar-refractivity contribution in [3.8, 4) is 0 Å². The summed E-state index contributed by atoms with van der Waals surface area (Å²) in [6.45, 7) is 1.36. The molecule has 0 aromatic rings. The molecule has 0 fully saturated rings. The lowest BCUT2D eigenvalue weighted by atomic mass is 10.6. The van der Waals surface area contributed by atoms with E-state index in [0.29, 0.717) is 0 Å². The maximum Gasteiger partial charge on any atom is 0.323 e. The first-order chi connectivity index (χ1) is 5.45. The second-order valence-corrected chi connectivity index (χ2v) is 1.67. The number of halogens is 1. The number of esters is 1. The minimum Gasteiger partial charge on any atom is -0.469 e. The Kier molecular flexibility index (Phi) is 8.65. The monoisotopic (exact) mass is 196 g/mol. The highest BCUT2D eigenvalue weighted by Gasteiger charge is 2.03. The van der Waals surface area contributed by atoms with Crippen molar-refractivity contribution >= 4 is 29.6 Å². The average Bonchev–Trinajstić information content (AvgIpc) is 2.04. The van der Waals surface area contributed by atoms with Crippen LogP contribution in [0.4, 0.5) is 0 Å². The van der Waals surface area contributed by atoms with Gasteiger partial charge in [-0.15, -0.1) is 0 Å². The number of ether oxygens (including phenoxy) is 1. The van der Waals surface area contributed by atoms with Crippen molar-refractivity contribution < 1.29 is 19.1 Å². The van der Waals surface area contributed by atoms with Crippen molar-refractivity contribution in [3.63, 3.8) is 0 Å². The van der Waals surface area contributed by atoms with E-state index in [9.17, 15) is 14.4 Å². The summed E-state index contributed by atoms with van der Waals surface area (Å²) in [5.74, 6) is -2.33. The predicted octanol–water partition coefficient (Wildman–Crippen LogP) is -1.08. The third-order valence-electron chi connectivity index (χ3n) is 0.597. The van der Waals surface area contributed by atoms with Crippen LogP contribution in [-0.4, -0.2) is 24.9 Å². The smallest absolute Gasteiger partial charge is 0.323 e. The van der Waals surface area contributed by atoms with Crippen LogP contribution in [0.15, 0.2) is 0 Å². The number of carbonyl (C=O) groups is 3. The van der Waals surface area contributed by atoms with Gasteiger partial charge in [-0.2, -0.15) is 0 Å². The number of primary amides is 1. The van der Waals surface area contributed by atoms with Crippen LogP contribution in [0.5, 0.6) is 0 Å². The number of carbonyl (C=O) groups excluding carboxylic acids is 3. The van der Waals surface area contributed by atoms with Gasteiger partial charge in [-0.1, -0.05) is 0 Å². The van der Waals surface area contributed by atoms with Gasteiger partial charge in [0.15, 0.2) is 0 Å². The normalized spacial score (nSPS) is 7.25. The largest absolute Gasteiger partial charge is 0.469 e. The fraction of sp³-hybridized carbons (Fsp3) is 0.400. The van der Waals surface area contributed by atoms with E-state index >= 15 is 0 Å². The van der Waals surface area contributed by atoms with Crippen LogP contribution >= 0.6 is 11.8 Å². The minimum atomic E-state index is -1.09. The lowest BCUT2D eigenvalue weighted by molar-refractivity contribution is -0.137. The topological polar surface area (TPSA) is 98.5 Å². The summed E-state index contributed by atoms with van der Waals surface area (Å²) in [7, 11) is 1.35. The van der Waals surface area contributed by atoms with E-state index in [1.807, 2.05) is 0 Å². The third-order valence-corrected chi connectivity index (χ3v) is 0.769. The molecule has 6 nitrogen and oxygen atoms in total. The van der Waals surface area contributed by atoms with Crippen LogP contribution < -0.4 is 10.6 Å². The van der Waals surface area contributed by atoms with Gasteiger partial charge in [0.2, 0.25) is 0 Å². The fourth-order valence-corrected chi connectivity index (χ4v) is 0.140. The van der Waals surface area contributed by atoms with Gasteiger partial charge in [-0.25, -0.2) is 0 Å². The molecular formula is C5H9ClN2O4. The molecule has 70 valence electrons. The van der Waals surface area contributed by atoms with Crippen molar-refractivity contribution in [2.24, 2.45) is 5.73 Å². The third kappa shape index (κ3) is 11.5. The molecule has 0 heterocycles. The average molecular weight is 197 g/mol. The lowest BCUT2D eigenvalue weighted by Crippen LogP contribution is -2.30. The molecule has 0 atom stereocenters. The Hall–Kier alpha value is -1.30. The summed E-state index contributed by atoms with van der Waals surface area (Å²) < 4.78 is 4.11. The van der Waals surface area contributed by atoms with Crippen LogP contribution in [0.25, 0.3) is 0 Å². The SMILES string of the molecule is COC(C)=O.NC(=O)C(=O)NCl. The summed E-state index contributed by atoms with van der Waals surface area (Å²) >= 11 is 4.65. The molecule has 0 saturated heterocycles. The van der Waals surface area contributed by atoms with Gasteiger partial charge in [0.25, 0.3) is 0 Å². The molecule has 0 radical (unpaired) electrons. The number of rotatable bonds is 0. The molecule has 0 aromatic carbocycles. The highest BCUT2D eigenvalue weighted by Crippen LogP contribution is 1.62. The number of hydrogen-bond donors (Lipinski definition) is 2. The van der Waals surface area contributed by atoms with E-state index in [1.165, 1.54) is 18.9 Å². The molecule has 0 aliphatic rings. The first kappa shape index (κ1) is 13.3. The molecule has 0 spiro atoms. The maximum atomic E-state index is 9.79. The zero-order valence-electron chi connectivity index (χ0n) is 6.59. The first-order valence-corrected chi connectivity index (χ1v) is 3.08. The number of hydrogen-bond acceptors (Lipinski definition) is 4. The highest BCUT2D eigenvalue weighted by atomic mass is 35.5. The Labute approximate surface area is 74.1 Å². The van der Waals surface area contributed by atoms with Crippen LogP contribution in [0, 0.1) is 0 Å². The summed E-state index contributed by atoms with van der Waals surface area (Å²) in [6.07, 6.45) is 0. The zero-order chi connectivity index (χ0) is 10.1. The molecule has 0 aliphatic heterocycles. The quantitative estimate of drug-likeness (QED) is 0.293. The Balaban J connectivity index is 0. The van der Waals surface area contributed by atoms with E-state index in [0.717, 1.165) is 0 Å². The van der Waals surface area contributed by atoms with E-state index in [2.05, 4.69) is 22.2 Å². The summed E-state index contributed by atoms with van der Waals surface area (Å²) in [5, 5.41) is 0. The van der Waals surface area contributed by atoms with Gasteiger partial charge in [-0.05, 0) is 0 Å². The van der Waals surface area contributed by atoms with E-state index in [4.69, 9.17) is 0 Å². The first-order valence-electron chi connectivity index (χ1n) is 2.70. The zero-order valence-corrected chi connectivity index (χ0v) is 7.34. The van der Waals surface area contributed by atoms with E-state index < -0.39 is 11.8 Å². The molecule has 7 heteroatoms. The summed E-state index contributed by atoms with van der Waals surface area (Å²) in [6, 6.07) is 0. The molecule has 0 aliphatic carbocycles. The molecular weight excluding hydrogens is 188 g/mol. The van der Waals surface area contributed by atoms with Gasteiger partial charge in [0.05, 0.1) is 7.11 Å². The van der Waals surface area contributed by atoms with Crippen molar-refractivity contribution in [2.75, 3.05) is 7.11 Å². The Bertz CT molecular complexity index is 182. The van der Waals surface area contributed by atoms with Crippen LogP contribution in [0.1, 0.15) is 6.92 Å². The van der Waals surface area contributed by atoms with Gasteiger partial charge in [0, 0.05) is 18.7 Å². The Morgan fingerprint density at radius 1 is 1.42 bits per heavy atom. The maximum absolute atomic E-state index is 9.79. The van der Waals surface area contributed by atoms with E-state index in [1.54, 1.807) is 0 Å². The number of nitrogens with two attached hydrogens (primary N) is 1. The molecule has 0 saturated carbocycles. The fourth-order valence-electron chi connectivity index (χ4n) is 0.0466. The van der Waals surface area contributed by atoms with Gasteiger partial charge >= 0.3 is 17.8 Å². The van der Waals surface area contributed by atoms with Crippen LogP contribution in [0.2, 0.25) is 0 Å². The second kappa shape index (κ2) is 7.80. The van der Waals surface area contributed by atoms with Crippen molar-refractivity contribution in [2.45, 2.75) is 6.92 Å². The standard InChI is InChI=1S/C3H6O2.C2H3ClN2O2/c1-3(4)5-2;3-5-2(7)1(4)6/h1-2H3;(H2,4,6)(H,5,7). The minimum absolute atomic E-state index is 0.245. The number of nitrogens with one attached hydrogen (secondary N) is 1. The summed E-state index contributed by atoms with van der Waals surface area (Å²) in [4.78, 5) is 30.6. The predicted molar refractivity (Wildman–Crippen MR) is 40.9 cm³/mol. The molecule has 0 bridgehead atoms. The summed E-state index contributed by atoms with van der Waals surface area (Å²) in [5.41, 5.74) is 4.41.